The van der Waals surface area contributed by atoms with Gasteiger partial charge >= 0.3 is 0 Å². The molecular weight excluding hydrogens is 394 g/mol. The monoisotopic (exact) mass is 419 g/mol. The molecule has 1 N–H and O–H groups in total. The molecule has 8 nitrogen and oxygen atoms in total. The number of hydrogen-bond donors (Lipinski definition) is 1. The van der Waals surface area contributed by atoms with Crippen molar-refractivity contribution >= 4 is 5.91 Å². The summed E-state index contributed by atoms with van der Waals surface area (Å²) >= 11 is 0. The first-order valence-electron chi connectivity index (χ1n) is 10.6. The number of piperidine rings is 1. The van der Waals surface area contributed by atoms with Crippen LogP contribution in [0, 0.1) is 0 Å². The number of aliphatic hydroxyl groups excluding tert-OH is 1. The van der Waals surface area contributed by atoms with E-state index in [1.807, 2.05) is 47.4 Å². The van der Waals surface area contributed by atoms with Crippen LogP contribution in [-0.2, 0) is 4.74 Å². The van der Waals surface area contributed by atoms with Gasteiger partial charge in [-0.15, -0.1) is 10.2 Å². The van der Waals surface area contributed by atoms with Crippen molar-refractivity contribution in [3.05, 3.63) is 72.4 Å². The van der Waals surface area contributed by atoms with Gasteiger partial charge in [-0.1, -0.05) is 36.4 Å². The highest BCUT2D eigenvalue weighted by Crippen LogP contribution is 2.43. The summed E-state index contributed by atoms with van der Waals surface area (Å²) in [5, 5.41) is 18.1. The first-order valence-corrected chi connectivity index (χ1v) is 10.6. The van der Waals surface area contributed by atoms with Crippen LogP contribution in [0.15, 0.2) is 61.2 Å². The maximum atomic E-state index is 13.1. The highest BCUT2D eigenvalue weighted by atomic mass is 16.5. The third-order valence-corrected chi connectivity index (χ3v) is 6.26. The van der Waals surface area contributed by atoms with Crippen LogP contribution in [0.25, 0.3) is 5.82 Å². The van der Waals surface area contributed by atoms with Gasteiger partial charge in [-0.2, -0.15) is 0 Å². The minimum absolute atomic E-state index is 0.0965. The molecule has 0 bridgehead atoms. The molecule has 2 saturated heterocycles. The molecule has 0 radical (unpaired) electrons. The van der Waals surface area contributed by atoms with E-state index in [0.717, 1.165) is 5.56 Å². The number of aliphatic hydroxyl groups is 1. The molecule has 2 aliphatic rings. The molecule has 31 heavy (non-hydrogen) atoms. The highest BCUT2D eigenvalue weighted by molar-refractivity contribution is 5.92. The Kier molecular flexibility index (Phi) is 5.25. The second-order valence-electron chi connectivity index (χ2n) is 8.34. The predicted molar refractivity (Wildman–Crippen MR) is 113 cm³/mol. The number of carbonyl (C=O) groups is 1. The first-order chi connectivity index (χ1) is 15.1. The number of carbonyl (C=O) groups excluding carboxylic acids is 1. The third-order valence-electron chi connectivity index (χ3n) is 6.26. The lowest BCUT2D eigenvalue weighted by Crippen LogP contribution is -2.52. The summed E-state index contributed by atoms with van der Waals surface area (Å²) in [7, 11) is 0. The van der Waals surface area contributed by atoms with E-state index in [1.54, 1.807) is 23.3 Å². The zero-order chi connectivity index (χ0) is 21.3. The van der Waals surface area contributed by atoms with Crippen molar-refractivity contribution in [1.29, 1.82) is 0 Å². The van der Waals surface area contributed by atoms with Crippen LogP contribution in [0.4, 0.5) is 0 Å². The summed E-state index contributed by atoms with van der Waals surface area (Å²) in [5.41, 5.74) is 1.09. The van der Waals surface area contributed by atoms with E-state index in [2.05, 4.69) is 15.2 Å². The van der Waals surface area contributed by atoms with E-state index in [1.165, 1.54) is 0 Å². The molecule has 8 heteroatoms. The summed E-state index contributed by atoms with van der Waals surface area (Å²) in [5.74, 6) is 0.509. The fraction of sp³-hybridized carbons (Fsp3) is 0.391. The van der Waals surface area contributed by atoms with Crippen LogP contribution in [0.3, 0.4) is 0 Å². The lowest BCUT2D eigenvalue weighted by molar-refractivity contribution is -0.181. The van der Waals surface area contributed by atoms with E-state index in [9.17, 15) is 9.90 Å². The molecule has 3 aromatic rings. The van der Waals surface area contributed by atoms with Gasteiger partial charge in [0.2, 0.25) is 0 Å². The van der Waals surface area contributed by atoms with E-state index >= 15 is 0 Å². The molecular formula is C23H25N5O3. The normalized spacial score (nSPS) is 23.1. The molecule has 0 aliphatic carbocycles. The van der Waals surface area contributed by atoms with E-state index in [0.29, 0.717) is 50.3 Å². The first kappa shape index (κ1) is 19.8. The van der Waals surface area contributed by atoms with E-state index < -0.39 is 11.7 Å². The number of ether oxygens (including phenoxy) is 1. The van der Waals surface area contributed by atoms with Gasteiger partial charge in [-0.05, 0) is 30.5 Å². The number of hydrogen-bond acceptors (Lipinski definition) is 6. The number of nitrogens with zero attached hydrogens (tertiary/aromatic N) is 5. The predicted octanol–water partition coefficient (Wildman–Crippen LogP) is 2.55. The molecule has 0 unspecified atom stereocenters. The quantitative estimate of drug-likeness (QED) is 0.701. The average molecular weight is 419 g/mol. The summed E-state index contributed by atoms with van der Waals surface area (Å²) < 4.78 is 8.21. The second kappa shape index (κ2) is 8.20. The standard InChI is InChI=1S/C23H25N5O3/c29-18-13-20(17-5-2-1-3-6-17)31-23(14-18)9-11-27(12-10-23)22(30)19-7-4-8-21(26-19)28-15-24-25-16-28/h1-8,15-16,18,20,29H,9-14H2/t18-,20-/m1/s1. The minimum Gasteiger partial charge on any atom is -0.393 e. The minimum atomic E-state index is -0.400. The zero-order valence-corrected chi connectivity index (χ0v) is 17.2. The molecule has 2 aliphatic heterocycles. The van der Waals surface area contributed by atoms with Crippen LogP contribution in [0.1, 0.15) is 47.8 Å². The van der Waals surface area contributed by atoms with Crippen LogP contribution in [0.5, 0.6) is 0 Å². The molecule has 160 valence electrons. The van der Waals surface area contributed by atoms with Crippen molar-refractivity contribution < 1.29 is 14.6 Å². The Morgan fingerprint density at radius 3 is 2.52 bits per heavy atom. The van der Waals surface area contributed by atoms with Gasteiger partial charge < -0.3 is 14.7 Å². The fourth-order valence-electron chi connectivity index (χ4n) is 4.64. The van der Waals surface area contributed by atoms with Crippen LogP contribution < -0.4 is 0 Å². The third kappa shape index (κ3) is 4.08. The summed E-state index contributed by atoms with van der Waals surface area (Å²) in [4.78, 5) is 19.4. The fourth-order valence-corrected chi connectivity index (χ4v) is 4.64. The van der Waals surface area contributed by atoms with Crippen molar-refractivity contribution in [2.24, 2.45) is 0 Å². The second-order valence-corrected chi connectivity index (χ2v) is 8.34. The van der Waals surface area contributed by atoms with E-state index in [4.69, 9.17) is 4.74 Å². The Morgan fingerprint density at radius 1 is 1.03 bits per heavy atom. The summed E-state index contributed by atoms with van der Waals surface area (Å²) in [6.07, 6.45) is 5.20. The Bertz CT molecular complexity index is 1030. The van der Waals surface area contributed by atoms with E-state index in [-0.39, 0.29) is 12.0 Å². The number of amides is 1. The van der Waals surface area contributed by atoms with Crippen molar-refractivity contribution in [1.82, 2.24) is 24.6 Å². The van der Waals surface area contributed by atoms with Gasteiger partial charge in [0.1, 0.15) is 24.2 Å². The highest BCUT2D eigenvalue weighted by Gasteiger charge is 2.44. The Labute approximate surface area is 180 Å². The molecule has 1 spiro atoms. The maximum absolute atomic E-state index is 13.1. The number of likely N-dealkylation sites (tertiary alicyclic amines) is 1. The largest absolute Gasteiger partial charge is 0.393 e. The van der Waals surface area contributed by atoms with Gasteiger partial charge in [-0.25, -0.2) is 4.98 Å². The zero-order valence-electron chi connectivity index (χ0n) is 17.2. The lowest BCUT2D eigenvalue weighted by Gasteiger charge is -2.48. The van der Waals surface area contributed by atoms with Crippen molar-refractivity contribution in [2.75, 3.05) is 13.1 Å². The Morgan fingerprint density at radius 2 is 1.77 bits per heavy atom. The molecule has 2 aromatic heterocycles. The number of benzene rings is 1. The van der Waals surface area contributed by atoms with Gasteiger partial charge in [-0.3, -0.25) is 9.36 Å². The number of rotatable bonds is 3. The van der Waals surface area contributed by atoms with Crippen LogP contribution >= 0.6 is 0 Å². The molecule has 5 rings (SSSR count). The maximum Gasteiger partial charge on any atom is 0.272 e. The van der Waals surface area contributed by atoms with Crippen molar-refractivity contribution in [3.8, 4) is 5.82 Å². The van der Waals surface area contributed by atoms with Gasteiger partial charge in [0.05, 0.1) is 17.8 Å². The Hall–Kier alpha value is -3.10. The van der Waals surface area contributed by atoms with Crippen molar-refractivity contribution in [2.45, 2.75) is 43.5 Å². The van der Waals surface area contributed by atoms with Gasteiger partial charge in [0.25, 0.3) is 5.91 Å². The molecule has 4 heterocycles. The van der Waals surface area contributed by atoms with Crippen molar-refractivity contribution in [3.63, 3.8) is 0 Å². The number of aromatic nitrogens is 4. The Balaban J connectivity index is 1.28. The molecule has 0 saturated carbocycles. The van der Waals surface area contributed by atoms with Gasteiger partial charge in [0, 0.05) is 25.9 Å². The average Bonchev–Trinajstić information content (AvgIpc) is 3.35. The molecule has 1 amide bonds. The summed E-state index contributed by atoms with van der Waals surface area (Å²) in [6.45, 7) is 1.15. The molecule has 2 atom stereocenters. The SMILES string of the molecule is O=C(c1cccc(-n2cnnc2)n1)N1CCC2(CC1)C[C@H](O)C[C@H](c1ccccc1)O2. The summed E-state index contributed by atoms with van der Waals surface area (Å²) in [6, 6.07) is 15.4. The van der Waals surface area contributed by atoms with Gasteiger partial charge in [0.15, 0.2) is 0 Å². The molecule has 1 aromatic carbocycles. The number of pyridine rings is 1. The lowest BCUT2D eigenvalue weighted by atomic mass is 9.81. The van der Waals surface area contributed by atoms with Crippen LogP contribution in [-0.4, -0.2) is 60.5 Å². The topological polar surface area (TPSA) is 93.4 Å². The molecule has 2 fully saturated rings. The van der Waals surface area contributed by atoms with Crippen LogP contribution in [0.2, 0.25) is 0 Å². The smallest absolute Gasteiger partial charge is 0.272 e.